The van der Waals surface area contributed by atoms with Crippen molar-refractivity contribution in [2.24, 2.45) is 0 Å². The molecule has 15 heavy (non-hydrogen) atoms. The van der Waals surface area contributed by atoms with E-state index in [2.05, 4.69) is 5.32 Å². The molecule has 0 fully saturated rings. The number of benzene rings is 1. The maximum absolute atomic E-state index is 8.86. The van der Waals surface area contributed by atoms with Crippen LogP contribution in [0.15, 0.2) is 24.3 Å². The van der Waals surface area contributed by atoms with E-state index in [-0.39, 0.29) is 19.4 Å². The fraction of sp³-hybridized carbons (Fsp3) is 0.455. The number of aliphatic hydroxyl groups is 1. The Bertz CT molecular complexity index is 274. The summed E-state index contributed by atoms with van der Waals surface area (Å²) in [4.78, 5) is 0. The number of ether oxygens (including phenoxy) is 2. The molecule has 0 spiro atoms. The van der Waals surface area contributed by atoms with E-state index in [1.54, 1.807) is 7.11 Å². The minimum Gasteiger partial charge on any atom is -0.468 e. The zero-order valence-corrected chi connectivity index (χ0v) is 9.06. The molecule has 0 amide bonds. The van der Waals surface area contributed by atoms with Crippen molar-refractivity contribution in [3.63, 3.8) is 0 Å². The van der Waals surface area contributed by atoms with E-state index in [0.717, 1.165) is 11.4 Å². The van der Waals surface area contributed by atoms with Gasteiger partial charge in [0.15, 0.2) is 6.79 Å². The summed E-state index contributed by atoms with van der Waals surface area (Å²) >= 11 is 0. The van der Waals surface area contributed by atoms with Gasteiger partial charge >= 0.3 is 0 Å². The molecular formula is C11H17NO3. The lowest BCUT2D eigenvalue weighted by Crippen LogP contribution is -2.19. The molecule has 0 radical (unpaired) electrons. The van der Waals surface area contributed by atoms with E-state index in [1.165, 1.54) is 0 Å². The van der Waals surface area contributed by atoms with Gasteiger partial charge in [0.1, 0.15) is 5.75 Å². The van der Waals surface area contributed by atoms with Gasteiger partial charge in [-0.15, -0.1) is 0 Å². The van der Waals surface area contributed by atoms with Crippen LogP contribution in [0, 0.1) is 0 Å². The lowest BCUT2D eigenvalue weighted by Gasteiger charge is -2.12. The predicted molar refractivity (Wildman–Crippen MR) is 59.1 cm³/mol. The molecule has 0 aliphatic heterocycles. The van der Waals surface area contributed by atoms with Crippen molar-refractivity contribution in [2.45, 2.75) is 13.0 Å². The quantitative estimate of drug-likeness (QED) is 0.699. The molecule has 84 valence electrons. The Balaban J connectivity index is 2.48. The number of rotatable bonds is 6. The van der Waals surface area contributed by atoms with Crippen LogP contribution in [0.1, 0.15) is 6.92 Å². The van der Waals surface area contributed by atoms with E-state index in [0.29, 0.717) is 0 Å². The van der Waals surface area contributed by atoms with Crippen molar-refractivity contribution < 1.29 is 14.6 Å². The van der Waals surface area contributed by atoms with Gasteiger partial charge in [-0.05, 0) is 31.2 Å². The molecule has 1 aromatic carbocycles. The second kappa shape index (κ2) is 6.27. The number of methoxy groups -OCH3 is 1. The maximum atomic E-state index is 8.86. The van der Waals surface area contributed by atoms with Gasteiger partial charge in [-0.1, -0.05) is 0 Å². The summed E-state index contributed by atoms with van der Waals surface area (Å²) in [6.07, 6.45) is 0. The van der Waals surface area contributed by atoms with Crippen LogP contribution in [-0.2, 0) is 4.74 Å². The van der Waals surface area contributed by atoms with E-state index < -0.39 is 0 Å². The van der Waals surface area contributed by atoms with Gasteiger partial charge in [0.25, 0.3) is 0 Å². The molecule has 1 aromatic rings. The lowest BCUT2D eigenvalue weighted by molar-refractivity contribution is 0.0511. The molecule has 0 aliphatic carbocycles. The molecule has 0 aliphatic rings. The SMILES string of the molecule is COCOc1ccc(NC(C)CO)cc1. The molecule has 1 rings (SSSR count). The zero-order valence-electron chi connectivity index (χ0n) is 9.06. The Labute approximate surface area is 89.8 Å². The molecule has 0 heterocycles. The van der Waals surface area contributed by atoms with Crippen LogP contribution in [0.4, 0.5) is 5.69 Å². The summed E-state index contributed by atoms with van der Waals surface area (Å²) in [5, 5.41) is 12.0. The van der Waals surface area contributed by atoms with Gasteiger partial charge in [0.2, 0.25) is 0 Å². The number of nitrogens with one attached hydrogen (secondary N) is 1. The molecule has 0 saturated carbocycles. The van der Waals surface area contributed by atoms with Crippen molar-refractivity contribution in [1.29, 1.82) is 0 Å². The Morgan fingerprint density at radius 3 is 2.53 bits per heavy atom. The number of aliphatic hydroxyl groups excluding tert-OH is 1. The molecule has 0 aromatic heterocycles. The van der Waals surface area contributed by atoms with Crippen LogP contribution in [0.5, 0.6) is 5.75 Å². The molecule has 1 atom stereocenters. The average molecular weight is 211 g/mol. The summed E-state index contributed by atoms with van der Waals surface area (Å²) in [5.74, 6) is 0.763. The third-order valence-corrected chi connectivity index (χ3v) is 1.88. The smallest absolute Gasteiger partial charge is 0.188 e. The Hall–Kier alpha value is -1.26. The number of hydrogen-bond donors (Lipinski definition) is 2. The Morgan fingerprint density at radius 2 is 2.00 bits per heavy atom. The van der Waals surface area contributed by atoms with E-state index >= 15 is 0 Å². The monoisotopic (exact) mass is 211 g/mol. The van der Waals surface area contributed by atoms with Gasteiger partial charge in [-0.3, -0.25) is 0 Å². The normalized spacial score (nSPS) is 12.2. The molecule has 2 N–H and O–H groups in total. The van der Waals surface area contributed by atoms with Gasteiger partial charge in [-0.2, -0.15) is 0 Å². The second-order valence-corrected chi connectivity index (χ2v) is 3.30. The highest BCUT2D eigenvalue weighted by molar-refractivity contribution is 5.46. The van der Waals surface area contributed by atoms with E-state index in [4.69, 9.17) is 14.6 Å². The Kier molecular flexibility index (Phi) is 4.93. The minimum atomic E-state index is 0.0516. The summed E-state index contributed by atoms with van der Waals surface area (Å²) in [5.41, 5.74) is 0.960. The highest BCUT2D eigenvalue weighted by Crippen LogP contribution is 2.16. The number of hydrogen-bond acceptors (Lipinski definition) is 4. The Morgan fingerprint density at radius 1 is 1.33 bits per heavy atom. The zero-order chi connectivity index (χ0) is 11.1. The third-order valence-electron chi connectivity index (χ3n) is 1.88. The number of anilines is 1. The van der Waals surface area contributed by atoms with Crippen LogP contribution in [0.2, 0.25) is 0 Å². The van der Waals surface area contributed by atoms with Crippen molar-refractivity contribution >= 4 is 5.69 Å². The lowest BCUT2D eigenvalue weighted by atomic mass is 10.2. The summed E-state index contributed by atoms with van der Waals surface area (Å²) < 4.78 is 10.0. The van der Waals surface area contributed by atoms with Crippen molar-refractivity contribution in [2.75, 3.05) is 25.8 Å². The van der Waals surface area contributed by atoms with Crippen LogP contribution in [0.25, 0.3) is 0 Å². The van der Waals surface area contributed by atoms with Crippen LogP contribution in [0.3, 0.4) is 0 Å². The fourth-order valence-corrected chi connectivity index (χ4v) is 1.10. The molecule has 1 unspecified atom stereocenters. The van der Waals surface area contributed by atoms with Crippen LogP contribution >= 0.6 is 0 Å². The summed E-state index contributed by atoms with van der Waals surface area (Å²) in [7, 11) is 1.58. The van der Waals surface area contributed by atoms with Gasteiger partial charge < -0.3 is 19.9 Å². The fourth-order valence-electron chi connectivity index (χ4n) is 1.10. The third kappa shape index (κ3) is 4.18. The van der Waals surface area contributed by atoms with Gasteiger partial charge in [0.05, 0.1) is 6.61 Å². The first-order valence-electron chi connectivity index (χ1n) is 4.85. The standard InChI is InChI=1S/C11H17NO3/c1-9(7-13)12-10-3-5-11(6-4-10)15-8-14-2/h3-6,9,12-13H,7-8H2,1-2H3. The molecule has 0 bridgehead atoms. The first kappa shape index (κ1) is 11.8. The largest absolute Gasteiger partial charge is 0.468 e. The van der Waals surface area contributed by atoms with Gasteiger partial charge in [0, 0.05) is 18.8 Å². The van der Waals surface area contributed by atoms with E-state index in [1.807, 2.05) is 31.2 Å². The summed E-state index contributed by atoms with van der Waals surface area (Å²) in [6, 6.07) is 7.56. The summed E-state index contributed by atoms with van der Waals surface area (Å²) in [6.45, 7) is 2.27. The average Bonchev–Trinajstić information content (AvgIpc) is 2.28. The molecular weight excluding hydrogens is 194 g/mol. The highest BCUT2D eigenvalue weighted by Gasteiger charge is 1.99. The van der Waals surface area contributed by atoms with Crippen molar-refractivity contribution in [3.05, 3.63) is 24.3 Å². The van der Waals surface area contributed by atoms with Gasteiger partial charge in [-0.25, -0.2) is 0 Å². The first-order chi connectivity index (χ1) is 7.26. The van der Waals surface area contributed by atoms with Crippen LogP contribution in [-0.4, -0.2) is 31.7 Å². The maximum Gasteiger partial charge on any atom is 0.188 e. The first-order valence-corrected chi connectivity index (χ1v) is 4.85. The van der Waals surface area contributed by atoms with E-state index in [9.17, 15) is 0 Å². The minimum absolute atomic E-state index is 0.0516. The molecule has 4 nitrogen and oxygen atoms in total. The molecule has 0 saturated heterocycles. The highest BCUT2D eigenvalue weighted by atomic mass is 16.7. The second-order valence-electron chi connectivity index (χ2n) is 3.30. The van der Waals surface area contributed by atoms with Crippen molar-refractivity contribution in [1.82, 2.24) is 0 Å². The van der Waals surface area contributed by atoms with Crippen LogP contribution < -0.4 is 10.1 Å². The topological polar surface area (TPSA) is 50.7 Å². The predicted octanol–water partition coefficient (Wildman–Crippen LogP) is 1.46. The van der Waals surface area contributed by atoms with Crippen molar-refractivity contribution in [3.8, 4) is 5.75 Å². The molecule has 4 heteroatoms.